The minimum Gasteiger partial charge on any atom is -0.455 e. The van der Waals surface area contributed by atoms with E-state index in [0.717, 1.165) is 61.2 Å². The Morgan fingerprint density at radius 1 is 0.547 bits per heavy atom. The summed E-state index contributed by atoms with van der Waals surface area (Å²) in [5.41, 5.74) is 15.0. The van der Waals surface area contributed by atoms with Crippen LogP contribution in [-0.4, -0.2) is 14.5 Å². The van der Waals surface area contributed by atoms with Crippen molar-refractivity contribution in [1.82, 2.24) is 14.5 Å². The maximum absolute atomic E-state index is 6.91. The fourth-order valence-electron chi connectivity index (χ4n) is 8.83. The third-order valence-corrected chi connectivity index (χ3v) is 11.2. The van der Waals surface area contributed by atoms with Crippen molar-refractivity contribution >= 4 is 43.7 Å². The van der Waals surface area contributed by atoms with Crippen LogP contribution in [0.3, 0.4) is 0 Å². The van der Waals surface area contributed by atoms with Crippen molar-refractivity contribution in [3.05, 3.63) is 175 Å². The molecule has 0 radical (unpaired) electrons. The summed E-state index contributed by atoms with van der Waals surface area (Å²) >= 11 is 0. The van der Waals surface area contributed by atoms with Gasteiger partial charge in [-0.1, -0.05) is 147 Å². The van der Waals surface area contributed by atoms with E-state index >= 15 is 0 Å². The van der Waals surface area contributed by atoms with Gasteiger partial charge in [-0.2, -0.15) is 0 Å². The van der Waals surface area contributed by atoms with Crippen molar-refractivity contribution in [2.75, 3.05) is 0 Å². The van der Waals surface area contributed by atoms with Crippen LogP contribution in [0.25, 0.3) is 94.5 Å². The molecule has 3 aromatic heterocycles. The number of para-hydroxylation sites is 2. The highest BCUT2D eigenvalue weighted by Crippen LogP contribution is 2.57. The number of rotatable bonds is 4. The highest BCUT2D eigenvalue weighted by molar-refractivity contribution is 6.29. The van der Waals surface area contributed by atoms with Gasteiger partial charge in [0.2, 0.25) is 0 Å². The number of fused-ring (bicyclic) bond motifs is 12. The van der Waals surface area contributed by atoms with Gasteiger partial charge in [-0.3, -0.25) is 0 Å². The smallest absolute Gasteiger partial charge is 0.160 e. The quantitative estimate of drug-likeness (QED) is 0.186. The zero-order valence-electron chi connectivity index (χ0n) is 29.3. The molecule has 0 aliphatic heterocycles. The normalized spacial score (nSPS) is 13.2. The summed E-state index contributed by atoms with van der Waals surface area (Å²) in [5, 5.41) is 4.68. The van der Waals surface area contributed by atoms with Crippen LogP contribution in [0, 0.1) is 0 Å². The number of nitrogens with zero attached hydrogens (tertiary/aromatic N) is 3. The van der Waals surface area contributed by atoms with Gasteiger partial charge in [0.25, 0.3) is 0 Å². The zero-order chi connectivity index (χ0) is 35.3. The van der Waals surface area contributed by atoms with E-state index in [-0.39, 0.29) is 5.41 Å². The van der Waals surface area contributed by atoms with Gasteiger partial charge in [0.15, 0.2) is 5.82 Å². The summed E-state index contributed by atoms with van der Waals surface area (Å²) in [4.78, 5) is 10.2. The standard InChI is InChI=1S/C49H33N3O/c1-49(2)37-25-12-9-22-34(37)42-45(49)43-36-24-11-14-27-41(36)53-47(43)44-35-23-10-13-26-40(35)52(46(42)44)33-21-15-20-32(28-33)39-29-38(30-16-5-3-6-17-30)50-48(51-39)31-18-7-4-8-19-31/h3-29H,1-2H3. The monoisotopic (exact) mass is 679 g/mol. The van der Waals surface area contributed by atoms with E-state index in [2.05, 4.69) is 158 Å². The molecule has 1 aliphatic rings. The van der Waals surface area contributed by atoms with E-state index in [0.29, 0.717) is 5.82 Å². The fourth-order valence-corrected chi connectivity index (χ4v) is 8.83. The van der Waals surface area contributed by atoms with Crippen LogP contribution in [0.1, 0.15) is 25.0 Å². The Labute approximate surface area is 306 Å². The average Bonchev–Trinajstić information content (AvgIpc) is 3.84. The largest absolute Gasteiger partial charge is 0.455 e. The van der Waals surface area contributed by atoms with Crippen LogP contribution in [-0.2, 0) is 5.41 Å². The Balaban J connectivity index is 1.24. The van der Waals surface area contributed by atoms with Crippen LogP contribution in [0.5, 0.6) is 0 Å². The van der Waals surface area contributed by atoms with E-state index in [4.69, 9.17) is 14.4 Å². The molecule has 1 aliphatic carbocycles. The molecule has 0 saturated heterocycles. The second kappa shape index (κ2) is 11.1. The molecule has 0 amide bonds. The number of hydrogen-bond acceptors (Lipinski definition) is 3. The molecule has 7 aromatic carbocycles. The first kappa shape index (κ1) is 29.9. The first-order valence-electron chi connectivity index (χ1n) is 18.2. The summed E-state index contributed by atoms with van der Waals surface area (Å²) in [6.07, 6.45) is 0. The molecule has 4 heteroatoms. The van der Waals surface area contributed by atoms with Crippen LogP contribution in [0.4, 0.5) is 0 Å². The summed E-state index contributed by atoms with van der Waals surface area (Å²) in [6.45, 7) is 4.73. The number of benzene rings is 7. The fraction of sp³-hybridized carbons (Fsp3) is 0.0612. The highest BCUT2D eigenvalue weighted by Gasteiger charge is 2.41. The maximum Gasteiger partial charge on any atom is 0.160 e. The van der Waals surface area contributed by atoms with E-state index in [1.807, 2.05) is 24.3 Å². The SMILES string of the molecule is CC1(C)c2ccccc2-c2c1c1c3ccccc3oc1c1c3ccccc3n(-c3cccc(-c4cc(-c5ccccc5)nc(-c5ccccc5)n4)c3)c21. The van der Waals surface area contributed by atoms with Crippen LogP contribution in [0.2, 0.25) is 0 Å². The Hall–Kier alpha value is -6.78. The number of furan rings is 1. The third kappa shape index (κ3) is 4.30. The summed E-state index contributed by atoms with van der Waals surface area (Å²) < 4.78 is 9.37. The lowest BCUT2D eigenvalue weighted by atomic mass is 9.80. The first-order chi connectivity index (χ1) is 26.1. The lowest BCUT2D eigenvalue weighted by Crippen LogP contribution is -2.15. The van der Waals surface area contributed by atoms with Gasteiger partial charge in [-0.15, -0.1) is 0 Å². The third-order valence-electron chi connectivity index (χ3n) is 11.2. The first-order valence-corrected chi connectivity index (χ1v) is 18.2. The van der Waals surface area contributed by atoms with Gasteiger partial charge in [0, 0.05) is 49.5 Å². The van der Waals surface area contributed by atoms with Gasteiger partial charge >= 0.3 is 0 Å². The lowest BCUT2D eigenvalue weighted by molar-refractivity contribution is 0.659. The van der Waals surface area contributed by atoms with Crippen molar-refractivity contribution in [3.8, 4) is 50.7 Å². The molecule has 11 rings (SSSR count). The molecule has 0 spiro atoms. The molecule has 0 atom stereocenters. The average molecular weight is 680 g/mol. The van der Waals surface area contributed by atoms with E-state index in [1.54, 1.807) is 0 Å². The van der Waals surface area contributed by atoms with Crippen molar-refractivity contribution in [1.29, 1.82) is 0 Å². The lowest BCUT2D eigenvalue weighted by Gasteiger charge is -2.22. The highest BCUT2D eigenvalue weighted by atomic mass is 16.3. The molecule has 3 heterocycles. The Kier molecular flexibility index (Phi) is 6.27. The Morgan fingerprint density at radius 3 is 2.00 bits per heavy atom. The Bertz CT molecular complexity index is 3020. The minimum atomic E-state index is -0.239. The predicted molar refractivity (Wildman–Crippen MR) is 218 cm³/mol. The van der Waals surface area contributed by atoms with Gasteiger partial charge in [0.1, 0.15) is 11.2 Å². The van der Waals surface area contributed by atoms with E-state index < -0.39 is 0 Å². The van der Waals surface area contributed by atoms with Crippen molar-refractivity contribution in [2.24, 2.45) is 0 Å². The van der Waals surface area contributed by atoms with Crippen molar-refractivity contribution in [2.45, 2.75) is 19.3 Å². The molecule has 250 valence electrons. The predicted octanol–water partition coefficient (Wildman–Crippen LogP) is 12.8. The molecule has 4 nitrogen and oxygen atoms in total. The summed E-state index contributed by atoms with van der Waals surface area (Å²) in [7, 11) is 0. The van der Waals surface area contributed by atoms with E-state index in [1.165, 1.54) is 38.5 Å². The molecule has 0 bridgehead atoms. The number of aromatic nitrogens is 3. The summed E-state index contributed by atoms with van der Waals surface area (Å²) in [6, 6.07) is 57.7. The van der Waals surface area contributed by atoms with Gasteiger partial charge in [-0.25, -0.2) is 9.97 Å². The molecule has 0 fully saturated rings. The Morgan fingerprint density at radius 2 is 1.19 bits per heavy atom. The van der Waals surface area contributed by atoms with Crippen molar-refractivity contribution in [3.63, 3.8) is 0 Å². The van der Waals surface area contributed by atoms with Gasteiger partial charge in [-0.05, 0) is 47.0 Å². The van der Waals surface area contributed by atoms with E-state index in [9.17, 15) is 0 Å². The van der Waals surface area contributed by atoms with Crippen LogP contribution >= 0.6 is 0 Å². The topological polar surface area (TPSA) is 43.9 Å². The molecule has 0 unspecified atom stereocenters. The van der Waals surface area contributed by atoms with Crippen molar-refractivity contribution < 1.29 is 4.42 Å². The van der Waals surface area contributed by atoms with Crippen LogP contribution < -0.4 is 0 Å². The minimum absolute atomic E-state index is 0.239. The molecule has 10 aromatic rings. The maximum atomic E-state index is 6.91. The number of hydrogen-bond donors (Lipinski definition) is 0. The second-order valence-electron chi connectivity index (χ2n) is 14.5. The molecule has 0 saturated carbocycles. The molecular weight excluding hydrogens is 647 g/mol. The summed E-state index contributed by atoms with van der Waals surface area (Å²) in [5.74, 6) is 0.702. The molecule has 0 N–H and O–H groups in total. The zero-order valence-corrected chi connectivity index (χ0v) is 29.3. The molecule has 53 heavy (non-hydrogen) atoms. The van der Waals surface area contributed by atoms with Gasteiger partial charge < -0.3 is 8.98 Å². The van der Waals surface area contributed by atoms with Gasteiger partial charge in [0.05, 0.1) is 27.8 Å². The van der Waals surface area contributed by atoms with Crippen LogP contribution in [0.15, 0.2) is 168 Å². The second-order valence-corrected chi connectivity index (χ2v) is 14.5. The molecular formula is C49H33N3O.